The maximum absolute atomic E-state index is 11.7. The topological polar surface area (TPSA) is 41.6 Å². The van der Waals surface area contributed by atoms with Crippen LogP contribution in [-0.4, -0.2) is 49.7 Å². The molecule has 0 saturated carbocycles. The van der Waals surface area contributed by atoms with Crippen molar-refractivity contribution >= 4 is 5.97 Å². The van der Waals surface area contributed by atoms with E-state index >= 15 is 0 Å². The van der Waals surface area contributed by atoms with Crippen molar-refractivity contribution < 1.29 is 9.53 Å². The number of unbranched alkanes of at least 4 members (excludes halogenated alkanes) is 1. The number of nitrogens with one attached hydrogen (secondary N) is 1. The summed E-state index contributed by atoms with van der Waals surface area (Å²) >= 11 is 0. The summed E-state index contributed by atoms with van der Waals surface area (Å²) in [6.07, 6.45) is 5.27. The van der Waals surface area contributed by atoms with Crippen LogP contribution in [0.4, 0.5) is 0 Å². The number of hydrogen-bond acceptors (Lipinski definition) is 4. The highest BCUT2D eigenvalue weighted by Crippen LogP contribution is 2.17. The Morgan fingerprint density at radius 2 is 2.28 bits per heavy atom. The SMILES string of the molecule is CCCCC(NC1CCN(C)C(C)C1)C(=O)OC. The molecule has 4 nitrogen and oxygen atoms in total. The smallest absolute Gasteiger partial charge is 0.322 e. The van der Waals surface area contributed by atoms with E-state index in [1.54, 1.807) is 0 Å². The highest BCUT2D eigenvalue weighted by molar-refractivity contribution is 5.75. The van der Waals surface area contributed by atoms with E-state index in [4.69, 9.17) is 4.74 Å². The molecular formula is C14H28N2O2. The molecule has 0 bridgehead atoms. The van der Waals surface area contributed by atoms with Gasteiger partial charge in [-0.25, -0.2) is 0 Å². The summed E-state index contributed by atoms with van der Waals surface area (Å²) in [5.41, 5.74) is 0. The van der Waals surface area contributed by atoms with E-state index in [1.165, 1.54) is 7.11 Å². The number of carbonyl (C=O) groups is 1. The van der Waals surface area contributed by atoms with Crippen LogP contribution in [0.3, 0.4) is 0 Å². The van der Waals surface area contributed by atoms with E-state index in [0.29, 0.717) is 12.1 Å². The predicted molar refractivity (Wildman–Crippen MR) is 73.6 cm³/mol. The maximum Gasteiger partial charge on any atom is 0.322 e. The molecule has 106 valence electrons. The van der Waals surface area contributed by atoms with Crippen LogP contribution in [0.5, 0.6) is 0 Å². The van der Waals surface area contributed by atoms with E-state index in [0.717, 1.165) is 38.6 Å². The van der Waals surface area contributed by atoms with Crippen molar-refractivity contribution in [3.8, 4) is 0 Å². The van der Waals surface area contributed by atoms with Crippen LogP contribution in [-0.2, 0) is 9.53 Å². The Morgan fingerprint density at radius 1 is 1.56 bits per heavy atom. The summed E-state index contributed by atoms with van der Waals surface area (Å²) in [6.45, 7) is 5.49. The molecule has 1 fully saturated rings. The molecule has 0 amide bonds. The van der Waals surface area contributed by atoms with Crippen LogP contribution < -0.4 is 5.32 Å². The quantitative estimate of drug-likeness (QED) is 0.736. The Balaban J connectivity index is 2.47. The Hall–Kier alpha value is -0.610. The first-order valence-electron chi connectivity index (χ1n) is 7.12. The number of rotatable bonds is 6. The number of esters is 1. The Labute approximate surface area is 111 Å². The van der Waals surface area contributed by atoms with Gasteiger partial charge in [0.05, 0.1) is 7.11 Å². The fourth-order valence-corrected chi connectivity index (χ4v) is 2.55. The molecule has 3 unspecified atom stereocenters. The molecule has 1 N–H and O–H groups in total. The third-order valence-electron chi connectivity index (χ3n) is 3.98. The lowest BCUT2D eigenvalue weighted by Gasteiger charge is -2.36. The Kier molecular flexibility index (Phi) is 6.65. The summed E-state index contributed by atoms with van der Waals surface area (Å²) in [5, 5.41) is 3.49. The molecule has 0 aromatic heterocycles. The average molecular weight is 256 g/mol. The molecule has 0 radical (unpaired) electrons. The van der Waals surface area contributed by atoms with Crippen molar-refractivity contribution in [3.63, 3.8) is 0 Å². The zero-order valence-corrected chi connectivity index (χ0v) is 12.2. The molecule has 1 rings (SSSR count). The first-order chi connectivity index (χ1) is 8.58. The molecule has 3 atom stereocenters. The monoisotopic (exact) mass is 256 g/mol. The molecule has 0 spiro atoms. The largest absolute Gasteiger partial charge is 0.468 e. The second kappa shape index (κ2) is 7.74. The number of carbonyl (C=O) groups excluding carboxylic acids is 1. The van der Waals surface area contributed by atoms with Gasteiger partial charge in [-0.05, 0) is 39.8 Å². The van der Waals surface area contributed by atoms with Gasteiger partial charge in [-0.1, -0.05) is 19.8 Å². The fourth-order valence-electron chi connectivity index (χ4n) is 2.55. The van der Waals surface area contributed by atoms with Gasteiger partial charge in [0.15, 0.2) is 0 Å². The van der Waals surface area contributed by atoms with E-state index in [1.807, 2.05) is 0 Å². The maximum atomic E-state index is 11.7. The van der Waals surface area contributed by atoms with Gasteiger partial charge in [-0.3, -0.25) is 4.79 Å². The van der Waals surface area contributed by atoms with E-state index in [9.17, 15) is 4.79 Å². The summed E-state index contributed by atoms with van der Waals surface area (Å²) in [7, 11) is 3.63. The molecule has 4 heteroatoms. The molecular weight excluding hydrogens is 228 g/mol. The second-order valence-corrected chi connectivity index (χ2v) is 5.44. The van der Waals surface area contributed by atoms with Crippen LogP contribution >= 0.6 is 0 Å². The summed E-state index contributed by atoms with van der Waals surface area (Å²) < 4.78 is 4.89. The lowest BCUT2D eigenvalue weighted by atomic mass is 9.97. The zero-order valence-electron chi connectivity index (χ0n) is 12.2. The highest BCUT2D eigenvalue weighted by Gasteiger charge is 2.27. The number of nitrogens with zero attached hydrogens (tertiary/aromatic N) is 1. The molecule has 1 aliphatic heterocycles. The molecule has 18 heavy (non-hydrogen) atoms. The van der Waals surface area contributed by atoms with Crippen molar-refractivity contribution in [2.24, 2.45) is 0 Å². The van der Waals surface area contributed by atoms with Crippen molar-refractivity contribution in [2.75, 3.05) is 20.7 Å². The van der Waals surface area contributed by atoms with E-state index in [2.05, 4.69) is 31.1 Å². The van der Waals surface area contributed by atoms with E-state index in [-0.39, 0.29) is 12.0 Å². The van der Waals surface area contributed by atoms with Gasteiger partial charge in [0, 0.05) is 12.1 Å². The number of methoxy groups -OCH3 is 1. The molecule has 1 saturated heterocycles. The lowest BCUT2D eigenvalue weighted by Crippen LogP contribution is -2.50. The molecule has 1 aliphatic rings. The Morgan fingerprint density at radius 3 is 2.83 bits per heavy atom. The number of ether oxygens (including phenoxy) is 1. The third kappa shape index (κ3) is 4.58. The molecule has 1 heterocycles. The minimum Gasteiger partial charge on any atom is -0.468 e. The van der Waals surface area contributed by atoms with Gasteiger partial charge >= 0.3 is 5.97 Å². The van der Waals surface area contributed by atoms with Gasteiger partial charge in [0.25, 0.3) is 0 Å². The summed E-state index contributed by atoms with van der Waals surface area (Å²) in [4.78, 5) is 14.1. The average Bonchev–Trinajstić information content (AvgIpc) is 2.37. The van der Waals surface area contributed by atoms with Crippen LogP contribution in [0, 0.1) is 0 Å². The second-order valence-electron chi connectivity index (χ2n) is 5.44. The van der Waals surface area contributed by atoms with Crippen LogP contribution in [0.15, 0.2) is 0 Å². The molecule has 0 aromatic carbocycles. The number of hydrogen-bond donors (Lipinski definition) is 1. The number of piperidine rings is 1. The summed E-state index contributed by atoms with van der Waals surface area (Å²) in [6, 6.07) is 0.897. The van der Waals surface area contributed by atoms with Crippen LogP contribution in [0.1, 0.15) is 46.0 Å². The van der Waals surface area contributed by atoms with Crippen molar-refractivity contribution in [1.29, 1.82) is 0 Å². The standard InChI is InChI=1S/C14H28N2O2/c1-5-6-7-13(14(17)18-4)15-12-8-9-16(3)11(2)10-12/h11-13,15H,5-10H2,1-4H3. The van der Waals surface area contributed by atoms with Gasteiger partial charge in [0.2, 0.25) is 0 Å². The van der Waals surface area contributed by atoms with E-state index < -0.39 is 0 Å². The van der Waals surface area contributed by atoms with Crippen LogP contribution in [0.25, 0.3) is 0 Å². The van der Waals surface area contributed by atoms with Crippen molar-refractivity contribution in [2.45, 2.75) is 64.1 Å². The van der Waals surface area contributed by atoms with Gasteiger partial charge in [0.1, 0.15) is 6.04 Å². The summed E-state index contributed by atoms with van der Waals surface area (Å²) in [5.74, 6) is -0.116. The highest BCUT2D eigenvalue weighted by atomic mass is 16.5. The van der Waals surface area contributed by atoms with Gasteiger partial charge in [-0.15, -0.1) is 0 Å². The minimum absolute atomic E-state index is 0.116. The minimum atomic E-state index is -0.129. The molecule has 0 aromatic rings. The lowest BCUT2D eigenvalue weighted by molar-refractivity contribution is -0.143. The zero-order chi connectivity index (χ0) is 13.5. The van der Waals surface area contributed by atoms with Crippen molar-refractivity contribution in [3.05, 3.63) is 0 Å². The fraction of sp³-hybridized carbons (Fsp3) is 0.929. The van der Waals surface area contributed by atoms with Gasteiger partial charge in [-0.2, -0.15) is 0 Å². The molecule has 0 aliphatic carbocycles. The predicted octanol–water partition coefficient (Wildman–Crippen LogP) is 1.79. The van der Waals surface area contributed by atoms with Crippen molar-refractivity contribution in [1.82, 2.24) is 10.2 Å². The first kappa shape index (κ1) is 15.4. The van der Waals surface area contributed by atoms with Crippen LogP contribution in [0.2, 0.25) is 0 Å². The van der Waals surface area contributed by atoms with Gasteiger partial charge < -0.3 is 15.0 Å². The third-order valence-corrected chi connectivity index (χ3v) is 3.98. The normalized spacial score (nSPS) is 26.9. The Bertz CT molecular complexity index is 258. The first-order valence-corrected chi connectivity index (χ1v) is 7.12. The number of likely N-dealkylation sites (tertiary alicyclic amines) is 1.